The smallest absolute Gasteiger partial charge is 0.373 e. The minimum Gasteiger partial charge on any atom is -0.507 e. The molecular weight excluding hydrogens is 348 g/mol. The van der Waals surface area contributed by atoms with Gasteiger partial charge in [-0.15, -0.1) is 0 Å². The van der Waals surface area contributed by atoms with Crippen LogP contribution in [-0.4, -0.2) is 35.3 Å². The molecule has 27 heavy (non-hydrogen) atoms. The van der Waals surface area contributed by atoms with Crippen LogP contribution in [0.2, 0.25) is 0 Å². The second kappa shape index (κ2) is 7.49. The van der Waals surface area contributed by atoms with Crippen LogP contribution < -0.4 is 4.74 Å². The number of phenols is 1. The number of phenolic OH excluding ortho intramolecular Hbond substituents is 1. The molecule has 2 heterocycles. The van der Waals surface area contributed by atoms with Gasteiger partial charge in [0.25, 0.3) is 0 Å². The van der Waals surface area contributed by atoms with E-state index >= 15 is 0 Å². The van der Waals surface area contributed by atoms with Gasteiger partial charge in [0.1, 0.15) is 23.6 Å². The zero-order valence-corrected chi connectivity index (χ0v) is 15.6. The molecule has 1 aromatic carbocycles. The summed E-state index contributed by atoms with van der Waals surface area (Å²) in [6.45, 7) is 3.74. The molecule has 7 nitrogen and oxygen atoms in total. The Bertz CT molecular complexity index is 994. The molecule has 0 bridgehead atoms. The second-order valence-corrected chi connectivity index (χ2v) is 5.89. The van der Waals surface area contributed by atoms with Gasteiger partial charge in [-0.05, 0) is 31.0 Å². The van der Waals surface area contributed by atoms with Gasteiger partial charge in [-0.2, -0.15) is 0 Å². The van der Waals surface area contributed by atoms with Crippen molar-refractivity contribution < 1.29 is 23.8 Å². The average Bonchev–Trinajstić information content (AvgIpc) is 3.08. The molecule has 140 valence electrons. The molecule has 0 fully saturated rings. The van der Waals surface area contributed by atoms with Crippen LogP contribution in [0.3, 0.4) is 0 Å². The Morgan fingerprint density at radius 3 is 2.63 bits per heavy atom. The molecule has 7 heteroatoms. The van der Waals surface area contributed by atoms with Crippen molar-refractivity contribution in [2.75, 3.05) is 14.2 Å². The van der Waals surface area contributed by atoms with E-state index < -0.39 is 5.97 Å². The van der Waals surface area contributed by atoms with Crippen LogP contribution in [0.5, 0.6) is 11.5 Å². The van der Waals surface area contributed by atoms with Gasteiger partial charge in [0.15, 0.2) is 0 Å². The van der Waals surface area contributed by atoms with Gasteiger partial charge in [-0.3, -0.25) is 0 Å². The molecule has 0 saturated heterocycles. The quantitative estimate of drug-likeness (QED) is 0.685. The zero-order valence-electron chi connectivity index (χ0n) is 15.6. The molecule has 1 N–H and O–H groups in total. The predicted molar refractivity (Wildman–Crippen MR) is 98.8 cm³/mol. The van der Waals surface area contributed by atoms with Crippen molar-refractivity contribution in [3.05, 3.63) is 47.8 Å². The summed E-state index contributed by atoms with van der Waals surface area (Å²) >= 11 is 0. The highest BCUT2D eigenvalue weighted by Crippen LogP contribution is 2.40. The van der Waals surface area contributed by atoms with Crippen molar-refractivity contribution in [1.29, 1.82) is 0 Å². The lowest BCUT2D eigenvalue weighted by molar-refractivity contribution is 0.0563. The maximum absolute atomic E-state index is 11.8. The Labute approximate surface area is 156 Å². The molecule has 0 unspecified atom stereocenters. The lowest BCUT2D eigenvalue weighted by atomic mass is 9.97. The number of aromatic hydroxyl groups is 1. The molecular formula is C20H20N2O5. The van der Waals surface area contributed by atoms with E-state index in [1.165, 1.54) is 13.4 Å². The highest BCUT2D eigenvalue weighted by atomic mass is 16.5. The standard InChI is InChI=1S/C20H20N2O5/c1-5-12-6-14(16(23)8-17(12)25-3)19-15(9-21-10-22-19)13-7-18(20(24)26-4)27-11(13)2/h6-10,23H,5H2,1-4H3. The highest BCUT2D eigenvalue weighted by molar-refractivity contribution is 5.91. The number of hydrogen-bond acceptors (Lipinski definition) is 7. The summed E-state index contributed by atoms with van der Waals surface area (Å²) < 4.78 is 15.5. The number of carbonyl (C=O) groups is 1. The number of benzene rings is 1. The van der Waals surface area contributed by atoms with Crippen molar-refractivity contribution >= 4 is 5.97 Å². The minimum atomic E-state index is -0.566. The molecule has 0 aliphatic heterocycles. The monoisotopic (exact) mass is 368 g/mol. The topological polar surface area (TPSA) is 94.7 Å². The van der Waals surface area contributed by atoms with Crippen molar-refractivity contribution in [2.45, 2.75) is 20.3 Å². The maximum atomic E-state index is 11.8. The summed E-state index contributed by atoms with van der Waals surface area (Å²) in [4.78, 5) is 20.2. The van der Waals surface area contributed by atoms with Crippen LogP contribution in [0.25, 0.3) is 22.4 Å². The minimum absolute atomic E-state index is 0.0401. The third-order valence-corrected chi connectivity index (χ3v) is 4.34. The molecule has 3 aromatic rings. The number of hydrogen-bond donors (Lipinski definition) is 1. The molecule has 2 aromatic heterocycles. The highest BCUT2D eigenvalue weighted by Gasteiger charge is 2.21. The molecule has 0 saturated carbocycles. The van der Waals surface area contributed by atoms with Gasteiger partial charge in [0.05, 0.1) is 19.9 Å². The van der Waals surface area contributed by atoms with Gasteiger partial charge in [0, 0.05) is 29.0 Å². The van der Waals surface area contributed by atoms with E-state index in [4.69, 9.17) is 13.9 Å². The summed E-state index contributed by atoms with van der Waals surface area (Å²) in [5.74, 6) is 0.701. The largest absolute Gasteiger partial charge is 0.507 e. The third kappa shape index (κ3) is 3.36. The van der Waals surface area contributed by atoms with E-state index in [1.54, 1.807) is 32.4 Å². The number of aryl methyl sites for hydroxylation is 2. The van der Waals surface area contributed by atoms with Gasteiger partial charge in [-0.1, -0.05) is 6.92 Å². The van der Waals surface area contributed by atoms with Crippen LogP contribution in [-0.2, 0) is 11.2 Å². The molecule has 0 aliphatic carbocycles. The number of furan rings is 1. The SMILES string of the molecule is CCc1cc(-c2ncncc2-c2cc(C(=O)OC)oc2C)c(O)cc1OC. The van der Waals surface area contributed by atoms with E-state index in [2.05, 4.69) is 9.97 Å². The summed E-state index contributed by atoms with van der Waals surface area (Å²) in [7, 11) is 2.85. The Hall–Kier alpha value is -3.35. The average molecular weight is 368 g/mol. The third-order valence-electron chi connectivity index (χ3n) is 4.34. The maximum Gasteiger partial charge on any atom is 0.373 e. The molecule has 0 spiro atoms. The van der Waals surface area contributed by atoms with Crippen LogP contribution in [0.1, 0.15) is 28.8 Å². The Morgan fingerprint density at radius 1 is 1.19 bits per heavy atom. The second-order valence-electron chi connectivity index (χ2n) is 5.89. The number of carbonyl (C=O) groups excluding carboxylic acids is 1. The normalized spacial score (nSPS) is 10.7. The van der Waals surface area contributed by atoms with E-state index in [1.807, 2.05) is 13.0 Å². The lowest BCUT2D eigenvalue weighted by Gasteiger charge is -2.13. The Morgan fingerprint density at radius 2 is 1.96 bits per heavy atom. The first-order chi connectivity index (χ1) is 13.0. The van der Waals surface area contributed by atoms with Gasteiger partial charge in [-0.25, -0.2) is 14.8 Å². The number of ether oxygens (including phenoxy) is 2. The van der Waals surface area contributed by atoms with E-state index in [9.17, 15) is 9.90 Å². The summed E-state index contributed by atoms with van der Waals surface area (Å²) in [5.41, 5.74) is 3.30. The Balaban J connectivity index is 2.19. The predicted octanol–water partition coefficient (Wildman–Crippen LogP) is 3.78. The fraction of sp³-hybridized carbons (Fsp3) is 0.250. The molecule has 3 rings (SSSR count). The van der Waals surface area contributed by atoms with Gasteiger partial charge >= 0.3 is 5.97 Å². The van der Waals surface area contributed by atoms with Crippen molar-refractivity contribution in [2.24, 2.45) is 0 Å². The fourth-order valence-electron chi connectivity index (χ4n) is 2.96. The summed E-state index contributed by atoms with van der Waals surface area (Å²) in [6, 6.07) is 5.00. The number of esters is 1. The van der Waals surface area contributed by atoms with Gasteiger partial charge < -0.3 is 19.0 Å². The number of nitrogens with zero attached hydrogens (tertiary/aromatic N) is 2. The van der Waals surface area contributed by atoms with E-state index in [0.29, 0.717) is 33.9 Å². The van der Waals surface area contributed by atoms with Crippen LogP contribution in [0.15, 0.2) is 35.1 Å². The summed E-state index contributed by atoms with van der Waals surface area (Å²) in [5, 5.41) is 10.5. The van der Waals surface area contributed by atoms with Crippen molar-refractivity contribution in [1.82, 2.24) is 9.97 Å². The number of rotatable bonds is 5. The summed E-state index contributed by atoms with van der Waals surface area (Å²) in [6.07, 6.45) is 3.76. The lowest BCUT2D eigenvalue weighted by Crippen LogP contribution is -1.98. The Kier molecular flexibility index (Phi) is 5.12. The van der Waals surface area contributed by atoms with Crippen molar-refractivity contribution in [3.8, 4) is 33.9 Å². The molecule has 0 radical (unpaired) electrons. The van der Waals surface area contributed by atoms with E-state index in [0.717, 1.165) is 12.0 Å². The molecule has 0 amide bonds. The molecule has 0 atom stereocenters. The first-order valence-electron chi connectivity index (χ1n) is 8.39. The van der Waals surface area contributed by atoms with E-state index in [-0.39, 0.29) is 11.5 Å². The zero-order chi connectivity index (χ0) is 19.6. The van der Waals surface area contributed by atoms with Crippen LogP contribution >= 0.6 is 0 Å². The number of aromatic nitrogens is 2. The first-order valence-corrected chi connectivity index (χ1v) is 8.39. The molecule has 0 aliphatic rings. The van der Waals surface area contributed by atoms with Crippen LogP contribution in [0, 0.1) is 6.92 Å². The van der Waals surface area contributed by atoms with Gasteiger partial charge in [0.2, 0.25) is 5.76 Å². The fourth-order valence-corrected chi connectivity index (χ4v) is 2.96. The first kappa shape index (κ1) is 18.4. The van der Waals surface area contributed by atoms with Crippen LogP contribution in [0.4, 0.5) is 0 Å². The number of methoxy groups -OCH3 is 2. The van der Waals surface area contributed by atoms with Crippen molar-refractivity contribution in [3.63, 3.8) is 0 Å².